The number of amides is 1. The summed E-state index contributed by atoms with van der Waals surface area (Å²) in [7, 11) is 1.68. The van der Waals surface area contributed by atoms with Gasteiger partial charge in [0.05, 0.1) is 16.4 Å². The lowest BCUT2D eigenvalue weighted by Crippen LogP contribution is -2.32. The van der Waals surface area contributed by atoms with Crippen LogP contribution < -0.4 is 9.64 Å². The van der Waals surface area contributed by atoms with E-state index >= 15 is 0 Å². The molecular formula is C18H18INO2S. The van der Waals surface area contributed by atoms with Crippen molar-refractivity contribution in [2.75, 3.05) is 17.8 Å². The molecule has 1 aliphatic heterocycles. The van der Waals surface area contributed by atoms with Gasteiger partial charge in [-0.1, -0.05) is 25.1 Å². The van der Waals surface area contributed by atoms with Gasteiger partial charge in [0.1, 0.15) is 5.75 Å². The molecule has 3 nitrogen and oxygen atoms in total. The topological polar surface area (TPSA) is 29.5 Å². The molecule has 1 aliphatic rings. The maximum atomic E-state index is 13.1. The van der Waals surface area contributed by atoms with E-state index in [1.54, 1.807) is 18.9 Å². The van der Waals surface area contributed by atoms with Crippen LogP contribution in [0.4, 0.5) is 11.4 Å². The summed E-state index contributed by atoms with van der Waals surface area (Å²) in [5, 5.41) is 0. The SMILES string of the molecule is CCC1CSc2cc(OC)c(I)cc2N(c2ccccc2)C1=O. The lowest BCUT2D eigenvalue weighted by Gasteiger charge is -2.25. The molecule has 1 unspecified atom stereocenters. The number of carbonyl (C=O) groups excluding carboxylic acids is 1. The van der Waals surface area contributed by atoms with Gasteiger partial charge in [0.2, 0.25) is 5.91 Å². The Hall–Kier alpha value is -1.21. The first-order chi connectivity index (χ1) is 11.2. The predicted octanol–water partition coefficient (Wildman–Crippen LogP) is 5.10. The summed E-state index contributed by atoms with van der Waals surface area (Å²) in [6.07, 6.45) is 0.845. The van der Waals surface area contributed by atoms with Crippen molar-refractivity contribution in [2.24, 2.45) is 5.92 Å². The van der Waals surface area contributed by atoms with Gasteiger partial charge in [-0.15, -0.1) is 11.8 Å². The third-order valence-corrected chi connectivity index (χ3v) is 6.04. The van der Waals surface area contributed by atoms with Gasteiger partial charge in [0.15, 0.2) is 0 Å². The molecule has 0 N–H and O–H groups in total. The zero-order valence-corrected chi connectivity index (χ0v) is 16.1. The number of anilines is 2. The molecule has 0 spiro atoms. The van der Waals surface area contributed by atoms with E-state index in [1.807, 2.05) is 47.4 Å². The highest BCUT2D eigenvalue weighted by atomic mass is 127. The number of thioether (sulfide) groups is 1. The molecule has 0 bridgehead atoms. The molecule has 1 atom stereocenters. The number of hydrogen-bond acceptors (Lipinski definition) is 3. The molecule has 0 radical (unpaired) electrons. The van der Waals surface area contributed by atoms with Crippen LogP contribution in [0.25, 0.3) is 0 Å². The zero-order valence-electron chi connectivity index (χ0n) is 13.1. The minimum absolute atomic E-state index is 0.0243. The van der Waals surface area contributed by atoms with Gasteiger partial charge in [-0.25, -0.2) is 0 Å². The van der Waals surface area contributed by atoms with Crippen molar-refractivity contribution in [2.45, 2.75) is 18.2 Å². The van der Waals surface area contributed by atoms with Crippen LogP contribution in [0.3, 0.4) is 0 Å². The highest BCUT2D eigenvalue weighted by Crippen LogP contribution is 2.43. The van der Waals surface area contributed by atoms with E-state index in [4.69, 9.17) is 4.74 Å². The molecule has 2 aromatic carbocycles. The molecule has 0 saturated heterocycles. The number of para-hydroxylation sites is 1. The second-order valence-electron chi connectivity index (χ2n) is 5.38. The number of methoxy groups -OCH3 is 1. The van der Waals surface area contributed by atoms with Crippen molar-refractivity contribution in [3.05, 3.63) is 46.0 Å². The van der Waals surface area contributed by atoms with Crippen LogP contribution in [-0.2, 0) is 4.79 Å². The maximum absolute atomic E-state index is 13.1. The van der Waals surface area contributed by atoms with Gasteiger partial charge in [0.25, 0.3) is 0 Å². The third kappa shape index (κ3) is 3.21. The first-order valence-electron chi connectivity index (χ1n) is 7.55. The Kier molecular flexibility index (Phi) is 5.16. The van der Waals surface area contributed by atoms with E-state index in [2.05, 4.69) is 29.5 Å². The zero-order chi connectivity index (χ0) is 16.4. The molecule has 0 aromatic heterocycles. The number of benzene rings is 2. The maximum Gasteiger partial charge on any atom is 0.235 e. The summed E-state index contributed by atoms with van der Waals surface area (Å²) in [6.45, 7) is 2.08. The van der Waals surface area contributed by atoms with Crippen molar-refractivity contribution in [3.63, 3.8) is 0 Å². The molecule has 2 aromatic rings. The Labute approximate surface area is 154 Å². The second kappa shape index (κ2) is 7.13. The van der Waals surface area contributed by atoms with E-state index in [-0.39, 0.29) is 11.8 Å². The molecule has 1 heterocycles. The molecule has 1 amide bonds. The number of hydrogen-bond donors (Lipinski definition) is 0. The summed E-state index contributed by atoms with van der Waals surface area (Å²) in [5.74, 6) is 1.85. The van der Waals surface area contributed by atoms with E-state index in [0.717, 1.165) is 37.8 Å². The van der Waals surface area contributed by atoms with Gasteiger partial charge >= 0.3 is 0 Å². The van der Waals surface area contributed by atoms with Crippen molar-refractivity contribution in [1.29, 1.82) is 0 Å². The fourth-order valence-electron chi connectivity index (χ4n) is 2.67. The van der Waals surface area contributed by atoms with E-state index < -0.39 is 0 Å². The Morgan fingerprint density at radius 2 is 2.04 bits per heavy atom. The van der Waals surface area contributed by atoms with E-state index in [0.29, 0.717) is 0 Å². The van der Waals surface area contributed by atoms with Gasteiger partial charge in [0, 0.05) is 22.3 Å². The molecule has 120 valence electrons. The minimum Gasteiger partial charge on any atom is -0.496 e. The van der Waals surface area contributed by atoms with Crippen LogP contribution in [-0.4, -0.2) is 18.8 Å². The normalized spacial score (nSPS) is 17.6. The Morgan fingerprint density at radius 1 is 1.30 bits per heavy atom. The van der Waals surface area contributed by atoms with Gasteiger partial charge in [-0.2, -0.15) is 0 Å². The number of nitrogens with zero attached hydrogens (tertiary/aromatic N) is 1. The predicted molar refractivity (Wildman–Crippen MR) is 104 cm³/mol. The molecule has 3 rings (SSSR count). The fraction of sp³-hybridized carbons (Fsp3) is 0.278. The Bertz CT molecular complexity index is 720. The molecule has 0 saturated carbocycles. The van der Waals surface area contributed by atoms with Gasteiger partial charge in [-0.05, 0) is 53.3 Å². The molecular weight excluding hydrogens is 421 g/mol. The minimum atomic E-state index is 0.0243. The van der Waals surface area contributed by atoms with Crippen molar-refractivity contribution >= 4 is 51.6 Å². The highest BCUT2D eigenvalue weighted by Gasteiger charge is 2.31. The van der Waals surface area contributed by atoms with Crippen molar-refractivity contribution in [1.82, 2.24) is 0 Å². The van der Waals surface area contributed by atoms with Crippen LogP contribution in [0.5, 0.6) is 5.75 Å². The fourth-order valence-corrected chi connectivity index (χ4v) is 4.59. The van der Waals surface area contributed by atoms with E-state index in [9.17, 15) is 4.79 Å². The smallest absolute Gasteiger partial charge is 0.235 e. The van der Waals surface area contributed by atoms with Crippen LogP contribution in [0.1, 0.15) is 13.3 Å². The van der Waals surface area contributed by atoms with Gasteiger partial charge < -0.3 is 4.74 Å². The quantitative estimate of drug-likeness (QED) is 0.624. The van der Waals surface area contributed by atoms with E-state index in [1.165, 1.54) is 0 Å². The molecule has 0 aliphatic carbocycles. The third-order valence-electron chi connectivity index (χ3n) is 3.99. The average Bonchev–Trinajstić information content (AvgIpc) is 2.70. The van der Waals surface area contributed by atoms with Crippen LogP contribution in [0.2, 0.25) is 0 Å². The first kappa shape index (κ1) is 16.6. The standard InChI is InChI=1S/C18H18INO2S/c1-3-12-11-23-17-10-16(22-2)14(19)9-15(17)20(18(12)21)13-7-5-4-6-8-13/h4-10,12H,3,11H2,1-2H3. The molecule has 5 heteroatoms. The van der Waals surface area contributed by atoms with Crippen LogP contribution in [0, 0.1) is 9.49 Å². The average molecular weight is 439 g/mol. The summed E-state index contributed by atoms with van der Waals surface area (Å²) in [5.41, 5.74) is 1.87. The lowest BCUT2D eigenvalue weighted by atomic mass is 10.1. The lowest BCUT2D eigenvalue weighted by molar-refractivity contribution is -0.121. The van der Waals surface area contributed by atoms with Crippen molar-refractivity contribution < 1.29 is 9.53 Å². The molecule has 23 heavy (non-hydrogen) atoms. The number of ether oxygens (including phenoxy) is 1. The second-order valence-corrected chi connectivity index (χ2v) is 7.60. The number of carbonyl (C=O) groups is 1. The number of rotatable bonds is 3. The largest absolute Gasteiger partial charge is 0.496 e. The summed E-state index contributed by atoms with van der Waals surface area (Å²) < 4.78 is 6.46. The molecule has 0 fully saturated rings. The summed E-state index contributed by atoms with van der Waals surface area (Å²) in [6, 6.07) is 14.0. The Morgan fingerprint density at radius 3 is 2.70 bits per heavy atom. The summed E-state index contributed by atoms with van der Waals surface area (Å²) in [4.78, 5) is 16.0. The Balaban J connectivity index is 2.18. The number of halogens is 1. The van der Waals surface area contributed by atoms with Crippen LogP contribution >= 0.6 is 34.4 Å². The summed E-state index contributed by atoms with van der Waals surface area (Å²) >= 11 is 3.99. The van der Waals surface area contributed by atoms with Crippen LogP contribution in [0.15, 0.2) is 47.4 Å². The van der Waals surface area contributed by atoms with Crippen molar-refractivity contribution in [3.8, 4) is 5.75 Å². The van der Waals surface area contributed by atoms with Gasteiger partial charge in [-0.3, -0.25) is 9.69 Å². The monoisotopic (exact) mass is 439 g/mol. The highest BCUT2D eigenvalue weighted by molar-refractivity contribution is 14.1. The first-order valence-corrected chi connectivity index (χ1v) is 9.61. The number of fused-ring (bicyclic) bond motifs is 1.